The summed E-state index contributed by atoms with van der Waals surface area (Å²) in [5.74, 6) is -0.537. The van der Waals surface area contributed by atoms with Crippen LogP contribution in [0.5, 0.6) is 5.75 Å². The van der Waals surface area contributed by atoms with E-state index in [0.717, 1.165) is 11.3 Å². The standard InChI is InChI=1S/C16H23NO4/c1-3-21-14-7-5-4-6-13(14)8-9-15(18)17-11-10-12(2)16(19)20/h4-7,12H,3,8-11H2,1-2H3,(H,17,18)(H,19,20). The maximum absolute atomic E-state index is 11.7. The Labute approximate surface area is 125 Å². The van der Waals surface area contributed by atoms with Crippen LogP contribution >= 0.6 is 0 Å². The Morgan fingerprint density at radius 3 is 2.71 bits per heavy atom. The number of aryl methyl sites for hydroxylation is 1. The summed E-state index contributed by atoms with van der Waals surface area (Å²) in [5.41, 5.74) is 1.01. The van der Waals surface area contributed by atoms with Crippen molar-refractivity contribution in [2.75, 3.05) is 13.2 Å². The number of ether oxygens (including phenoxy) is 1. The lowest BCUT2D eigenvalue weighted by atomic mass is 10.1. The van der Waals surface area contributed by atoms with E-state index in [-0.39, 0.29) is 5.91 Å². The molecule has 0 aliphatic carbocycles. The van der Waals surface area contributed by atoms with E-state index in [0.29, 0.717) is 32.4 Å². The second-order valence-electron chi connectivity index (χ2n) is 4.92. The average Bonchev–Trinajstić information content (AvgIpc) is 2.46. The number of nitrogens with one attached hydrogen (secondary N) is 1. The van der Waals surface area contributed by atoms with Crippen molar-refractivity contribution in [1.29, 1.82) is 0 Å². The van der Waals surface area contributed by atoms with Crippen LogP contribution in [-0.2, 0) is 16.0 Å². The molecule has 1 aromatic rings. The number of carboxylic acids is 1. The molecule has 1 aromatic carbocycles. The van der Waals surface area contributed by atoms with Gasteiger partial charge in [0, 0.05) is 13.0 Å². The van der Waals surface area contributed by atoms with Gasteiger partial charge in [-0.3, -0.25) is 9.59 Å². The van der Waals surface area contributed by atoms with Crippen molar-refractivity contribution in [3.63, 3.8) is 0 Å². The van der Waals surface area contributed by atoms with Crippen LogP contribution in [-0.4, -0.2) is 30.1 Å². The predicted molar refractivity (Wildman–Crippen MR) is 80.4 cm³/mol. The summed E-state index contributed by atoms with van der Waals surface area (Å²) in [7, 11) is 0. The molecular formula is C16H23NO4. The predicted octanol–water partition coefficient (Wildman–Crippen LogP) is 2.24. The lowest BCUT2D eigenvalue weighted by molar-refractivity contribution is -0.141. The molecule has 21 heavy (non-hydrogen) atoms. The topological polar surface area (TPSA) is 75.6 Å². The highest BCUT2D eigenvalue weighted by atomic mass is 16.5. The minimum absolute atomic E-state index is 0.0705. The van der Waals surface area contributed by atoms with Crippen molar-refractivity contribution in [2.45, 2.75) is 33.1 Å². The minimum atomic E-state index is -0.838. The first-order valence-electron chi connectivity index (χ1n) is 7.24. The molecule has 1 atom stereocenters. The van der Waals surface area contributed by atoms with Gasteiger partial charge in [0.2, 0.25) is 5.91 Å². The van der Waals surface area contributed by atoms with E-state index in [2.05, 4.69) is 5.32 Å². The first kappa shape index (κ1) is 17.0. The van der Waals surface area contributed by atoms with Crippen LogP contribution in [0.15, 0.2) is 24.3 Å². The van der Waals surface area contributed by atoms with E-state index in [9.17, 15) is 9.59 Å². The number of para-hydroxylation sites is 1. The summed E-state index contributed by atoms with van der Waals surface area (Å²) < 4.78 is 5.51. The van der Waals surface area contributed by atoms with Crippen molar-refractivity contribution in [3.05, 3.63) is 29.8 Å². The molecule has 2 N–H and O–H groups in total. The third-order valence-corrected chi connectivity index (χ3v) is 3.21. The molecular weight excluding hydrogens is 270 g/mol. The lowest BCUT2D eigenvalue weighted by Crippen LogP contribution is -2.27. The van der Waals surface area contributed by atoms with Crippen molar-refractivity contribution in [2.24, 2.45) is 5.92 Å². The molecule has 5 heteroatoms. The SMILES string of the molecule is CCOc1ccccc1CCC(=O)NCCC(C)C(=O)O. The molecule has 1 unspecified atom stereocenters. The Hall–Kier alpha value is -2.04. The molecule has 1 rings (SSSR count). The van der Waals surface area contributed by atoms with Crippen LogP contribution in [0.2, 0.25) is 0 Å². The molecule has 0 saturated heterocycles. The Kier molecular flexibility index (Phi) is 7.29. The molecule has 0 aromatic heterocycles. The van der Waals surface area contributed by atoms with Crippen LogP contribution in [0.1, 0.15) is 32.3 Å². The van der Waals surface area contributed by atoms with Crippen molar-refractivity contribution < 1.29 is 19.4 Å². The summed E-state index contributed by atoms with van der Waals surface area (Å²) >= 11 is 0. The van der Waals surface area contributed by atoms with E-state index >= 15 is 0 Å². The monoisotopic (exact) mass is 293 g/mol. The second kappa shape index (κ2) is 9.00. The molecule has 5 nitrogen and oxygen atoms in total. The van der Waals surface area contributed by atoms with E-state index in [1.807, 2.05) is 31.2 Å². The number of hydrogen-bond acceptors (Lipinski definition) is 3. The summed E-state index contributed by atoms with van der Waals surface area (Å²) in [6, 6.07) is 7.67. The van der Waals surface area contributed by atoms with Gasteiger partial charge in [-0.1, -0.05) is 25.1 Å². The Morgan fingerprint density at radius 1 is 1.33 bits per heavy atom. The van der Waals surface area contributed by atoms with E-state index in [1.165, 1.54) is 0 Å². The molecule has 0 fully saturated rings. The summed E-state index contributed by atoms with van der Waals surface area (Å²) in [4.78, 5) is 22.4. The molecule has 0 aliphatic heterocycles. The lowest BCUT2D eigenvalue weighted by Gasteiger charge is -2.10. The number of aliphatic carboxylic acids is 1. The van der Waals surface area contributed by atoms with Gasteiger partial charge in [0.15, 0.2) is 0 Å². The van der Waals surface area contributed by atoms with Gasteiger partial charge in [-0.05, 0) is 31.4 Å². The molecule has 0 heterocycles. The third kappa shape index (κ3) is 6.29. The van der Waals surface area contributed by atoms with Gasteiger partial charge in [-0.2, -0.15) is 0 Å². The Balaban J connectivity index is 2.35. The smallest absolute Gasteiger partial charge is 0.306 e. The van der Waals surface area contributed by atoms with Gasteiger partial charge >= 0.3 is 5.97 Å². The molecule has 0 bridgehead atoms. The fourth-order valence-electron chi connectivity index (χ4n) is 1.89. The number of carbonyl (C=O) groups excluding carboxylic acids is 1. The highest BCUT2D eigenvalue weighted by Gasteiger charge is 2.11. The number of amides is 1. The van der Waals surface area contributed by atoms with Gasteiger partial charge < -0.3 is 15.2 Å². The molecule has 0 aliphatic rings. The number of benzene rings is 1. The molecule has 0 saturated carbocycles. The maximum Gasteiger partial charge on any atom is 0.306 e. The fourth-order valence-corrected chi connectivity index (χ4v) is 1.89. The van der Waals surface area contributed by atoms with Crippen LogP contribution in [0.3, 0.4) is 0 Å². The molecule has 1 amide bonds. The summed E-state index contributed by atoms with van der Waals surface area (Å²) in [6.45, 7) is 4.54. The molecule has 0 radical (unpaired) electrons. The zero-order chi connectivity index (χ0) is 15.7. The van der Waals surface area contributed by atoms with Crippen molar-refractivity contribution in [3.8, 4) is 5.75 Å². The normalized spacial score (nSPS) is 11.7. The minimum Gasteiger partial charge on any atom is -0.494 e. The van der Waals surface area contributed by atoms with Gasteiger partial charge in [0.05, 0.1) is 12.5 Å². The van der Waals surface area contributed by atoms with Crippen LogP contribution in [0.25, 0.3) is 0 Å². The summed E-state index contributed by atoms with van der Waals surface area (Å²) in [5, 5.41) is 11.5. The largest absolute Gasteiger partial charge is 0.494 e. The number of hydrogen-bond donors (Lipinski definition) is 2. The van der Waals surface area contributed by atoms with Gasteiger partial charge in [-0.25, -0.2) is 0 Å². The average molecular weight is 293 g/mol. The Bertz CT molecular complexity index is 473. The highest BCUT2D eigenvalue weighted by molar-refractivity contribution is 5.76. The van der Waals surface area contributed by atoms with E-state index in [4.69, 9.17) is 9.84 Å². The van der Waals surface area contributed by atoms with Gasteiger partial charge in [0.1, 0.15) is 5.75 Å². The van der Waals surface area contributed by atoms with E-state index < -0.39 is 11.9 Å². The summed E-state index contributed by atoms with van der Waals surface area (Å²) in [6.07, 6.45) is 1.42. The van der Waals surface area contributed by atoms with Gasteiger partial charge in [-0.15, -0.1) is 0 Å². The second-order valence-corrected chi connectivity index (χ2v) is 4.92. The first-order chi connectivity index (χ1) is 10.0. The van der Waals surface area contributed by atoms with E-state index in [1.54, 1.807) is 6.92 Å². The maximum atomic E-state index is 11.7. The number of rotatable bonds is 9. The van der Waals surface area contributed by atoms with Crippen LogP contribution < -0.4 is 10.1 Å². The number of carboxylic acid groups (broad SMARTS) is 1. The van der Waals surface area contributed by atoms with Crippen LogP contribution in [0, 0.1) is 5.92 Å². The Morgan fingerprint density at radius 2 is 2.05 bits per heavy atom. The fraction of sp³-hybridized carbons (Fsp3) is 0.500. The molecule has 0 spiro atoms. The van der Waals surface area contributed by atoms with Crippen molar-refractivity contribution in [1.82, 2.24) is 5.32 Å². The first-order valence-corrected chi connectivity index (χ1v) is 7.24. The highest BCUT2D eigenvalue weighted by Crippen LogP contribution is 2.19. The van der Waals surface area contributed by atoms with Crippen molar-refractivity contribution >= 4 is 11.9 Å². The number of carbonyl (C=O) groups is 2. The van der Waals surface area contributed by atoms with Crippen LogP contribution in [0.4, 0.5) is 0 Å². The zero-order valence-corrected chi connectivity index (χ0v) is 12.6. The van der Waals surface area contributed by atoms with Gasteiger partial charge in [0.25, 0.3) is 0 Å². The quantitative estimate of drug-likeness (QED) is 0.732. The zero-order valence-electron chi connectivity index (χ0n) is 12.6. The molecule has 116 valence electrons. The third-order valence-electron chi connectivity index (χ3n) is 3.21.